The molecule has 1 nitrogen and oxygen atoms in total. The molecule has 2 heterocycles. The van der Waals surface area contributed by atoms with Crippen LogP contribution in [0.1, 0.15) is 49.5 Å². The zero-order valence-electron chi connectivity index (χ0n) is 10.1. The van der Waals surface area contributed by atoms with E-state index in [4.69, 9.17) is 0 Å². The fourth-order valence-electron chi connectivity index (χ4n) is 3.43. The number of fused-ring (bicyclic) bond motifs is 2. The van der Waals surface area contributed by atoms with Crippen LogP contribution in [-0.4, -0.2) is 6.54 Å². The predicted octanol–water partition coefficient (Wildman–Crippen LogP) is 3.69. The van der Waals surface area contributed by atoms with Crippen LogP contribution in [0, 0.1) is 5.92 Å². The van der Waals surface area contributed by atoms with Crippen molar-refractivity contribution in [1.29, 1.82) is 0 Å². The van der Waals surface area contributed by atoms with Gasteiger partial charge in [-0.2, -0.15) is 0 Å². The molecule has 1 aliphatic heterocycles. The fourth-order valence-corrected chi connectivity index (χ4v) is 4.41. The van der Waals surface area contributed by atoms with Crippen molar-refractivity contribution in [2.24, 2.45) is 5.92 Å². The standard InChI is InChI=1S/C14H21NS/c1-11-3-2-7-14(8-4-11)12-6-10-16-13(12)5-9-15-14/h6,10-11,15H,2-5,7-9H2,1H3. The Kier molecular flexibility index (Phi) is 2.80. The monoisotopic (exact) mass is 235 g/mol. The predicted molar refractivity (Wildman–Crippen MR) is 70.0 cm³/mol. The van der Waals surface area contributed by atoms with Crippen molar-refractivity contribution in [1.82, 2.24) is 5.32 Å². The zero-order chi connectivity index (χ0) is 11.0. The molecular formula is C14H21NS. The molecule has 1 aromatic heterocycles. The van der Waals surface area contributed by atoms with E-state index >= 15 is 0 Å². The highest BCUT2D eigenvalue weighted by Crippen LogP contribution is 2.42. The van der Waals surface area contributed by atoms with Crippen LogP contribution in [0.4, 0.5) is 0 Å². The van der Waals surface area contributed by atoms with Gasteiger partial charge in [0.15, 0.2) is 0 Å². The van der Waals surface area contributed by atoms with E-state index in [0.717, 1.165) is 5.92 Å². The first-order valence-corrected chi connectivity index (χ1v) is 7.50. The second-order valence-electron chi connectivity index (χ2n) is 5.55. The van der Waals surface area contributed by atoms with Gasteiger partial charge in [0.1, 0.15) is 0 Å². The van der Waals surface area contributed by atoms with Gasteiger partial charge in [-0.05, 0) is 48.6 Å². The Morgan fingerprint density at radius 2 is 2.31 bits per heavy atom. The van der Waals surface area contributed by atoms with E-state index in [-0.39, 0.29) is 0 Å². The molecule has 1 fully saturated rings. The minimum absolute atomic E-state index is 0.346. The molecule has 1 aromatic rings. The van der Waals surface area contributed by atoms with Crippen molar-refractivity contribution in [2.45, 2.75) is 51.0 Å². The minimum Gasteiger partial charge on any atom is -0.307 e. The molecule has 1 spiro atoms. The van der Waals surface area contributed by atoms with Gasteiger partial charge in [-0.1, -0.05) is 19.8 Å². The van der Waals surface area contributed by atoms with Gasteiger partial charge in [-0.15, -0.1) is 11.3 Å². The summed E-state index contributed by atoms with van der Waals surface area (Å²) in [4.78, 5) is 1.65. The average molecular weight is 235 g/mol. The smallest absolute Gasteiger partial charge is 0.0445 e. The lowest BCUT2D eigenvalue weighted by Gasteiger charge is -2.38. The molecule has 2 aliphatic rings. The van der Waals surface area contributed by atoms with Crippen LogP contribution in [0.2, 0.25) is 0 Å². The lowest BCUT2D eigenvalue weighted by atomic mass is 9.80. The Balaban J connectivity index is 1.94. The highest BCUT2D eigenvalue weighted by molar-refractivity contribution is 7.10. The van der Waals surface area contributed by atoms with E-state index in [1.807, 2.05) is 11.3 Å². The number of nitrogens with one attached hydrogen (secondary N) is 1. The van der Waals surface area contributed by atoms with Crippen LogP contribution < -0.4 is 5.32 Å². The van der Waals surface area contributed by atoms with E-state index in [1.54, 1.807) is 10.4 Å². The quantitative estimate of drug-likeness (QED) is 0.723. The second-order valence-corrected chi connectivity index (χ2v) is 6.55. The molecule has 1 saturated carbocycles. The fraction of sp³-hybridized carbons (Fsp3) is 0.714. The number of hydrogen-bond acceptors (Lipinski definition) is 2. The van der Waals surface area contributed by atoms with Crippen LogP contribution >= 0.6 is 11.3 Å². The largest absolute Gasteiger partial charge is 0.307 e. The summed E-state index contributed by atoms with van der Waals surface area (Å²) in [5.74, 6) is 0.921. The van der Waals surface area contributed by atoms with E-state index in [9.17, 15) is 0 Å². The molecule has 1 aliphatic carbocycles. The van der Waals surface area contributed by atoms with Crippen molar-refractivity contribution in [3.05, 3.63) is 21.9 Å². The Morgan fingerprint density at radius 1 is 1.38 bits per heavy atom. The Bertz CT molecular complexity index is 371. The van der Waals surface area contributed by atoms with Crippen molar-refractivity contribution in [3.63, 3.8) is 0 Å². The Labute approximate surface area is 102 Å². The normalized spacial score (nSPS) is 34.7. The Hall–Kier alpha value is -0.340. The van der Waals surface area contributed by atoms with Crippen LogP contribution in [0.15, 0.2) is 11.4 Å². The summed E-state index contributed by atoms with van der Waals surface area (Å²) in [5, 5.41) is 6.13. The van der Waals surface area contributed by atoms with Crippen molar-refractivity contribution >= 4 is 11.3 Å². The summed E-state index contributed by atoms with van der Waals surface area (Å²) in [7, 11) is 0. The average Bonchev–Trinajstić information content (AvgIpc) is 2.69. The molecule has 1 N–H and O–H groups in total. The molecule has 2 atom stereocenters. The highest BCUT2D eigenvalue weighted by atomic mass is 32.1. The first kappa shape index (κ1) is 10.8. The molecular weight excluding hydrogens is 214 g/mol. The van der Waals surface area contributed by atoms with Gasteiger partial charge < -0.3 is 5.32 Å². The van der Waals surface area contributed by atoms with Crippen LogP contribution in [0.3, 0.4) is 0 Å². The van der Waals surface area contributed by atoms with Gasteiger partial charge >= 0.3 is 0 Å². The van der Waals surface area contributed by atoms with Gasteiger partial charge in [0.25, 0.3) is 0 Å². The van der Waals surface area contributed by atoms with E-state index in [0.29, 0.717) is 5.54 Å². The molecule has 0 saturated heterocycles. The third-order valence-electron chi connectivity index (χ3n) is 4.44. The molecule has 16 heavy (non-hydrogen) atoms. The van der Waals surface area contributed by atoms with E-state index in [1.165, 1.54) is 45.1 Å². The summed E-state index contributed by atoms with van der Waals surface area (Å²) < 4.78 is 0. The first-order valence-electron chi connectivity index (χ1n) is 6.62. The van der Waals surface area contributed by atoms with Gasteiger partial charge in [0.2, 0.25) is 0 Å². The third kappa shape index (κ3) is 1.72. The molecule has 2 heteroatoms. The number of hydrogen-bond donors (Lipinski definition) is 1. The Morgan fingerprint density at radius 3 is 3.25 bits per heavy atom. The maximum Gasteiger partial charge on any atom is 0.0445 e. The van der Waals surface area contributed by atoms with Crippen LogP contribution in [0.5, 0.6) is 0 Å². The molecule has 0 radical (unpaired) electrons. The molecule has 2 unspecified atom stereocenters. The summed E-state index contributed by atoms with van der Waals surface area (Å²) in [5.41, 5.74) is 1.98. The maximum absolute atomic E-state index is 3.84. The summed E-state index contributed by atoms with van der Waals surface area (Å²) in [6.07, 6.45) is 8.14. The molecule has 3 rings (SSSR count). The molecule has 0 bridgehead atoms. The lowest BCUT2D eigenvalue weighted by Crippen LogP contribution is -2.46. The minimum atomic E-state index is 0.346. The second kappa shape index (κ2) is 4.15. The van der Waals surface area contributed by atoms with Crippen LogP contribution in [0.25, 0.3) is 0 Å². The topological polar surface area (TPSA) is 12.0 Å². The zero-order valence-corrected chi connectivity index (χ0v) is 10.9. The first-order chi connectivity index (χ1) is 7.80. The van der Waals surface area contributed by atoms with Crippen molar-refractivity contribution in [2.75, 3.05) is 6.54 Å². The van der Waals surface area contributed by atoms with Gasteiger partial charge in [0, 0.05) is 17.0 Å². The summed E-state index contributed by atoms with van der Waals surface area (Å²) >= 11 is 1.96. The summed E-state index contributed by atoms with van der Waals surface area (Å²) in [6, 6.07) is 2.38. The third-order valence-corrected chi connectivity index (χ3v) is 5.42. The van der Waals surface area contributed by atoms with Crippen LogP contribution in [-0.2, 0) is 12.0 Å². The van der Waals surface area contributed by atoms with Gasteiger partial charge in [0.05, 0.1) is 0 Å². The lowest BCUT2D eigenvalue weighted by molar-refractivity contribution is 0.275. The summed E-state index contributed by atoms with van der Waals surface area (Å²) in [6.45, 7) is 3.60. The van der Waals surface area contributed by atoms with Crippen molar-refractivity contribution < 1.29 is 0 Å². The molecule has 0 amide bonds. The van der Waals surface area contributed by atoms with E-state index in [2.05, 4.69) is 23.7 Å². The SMILES string of the molecule is CC1CCCC2(CC1)NCCc1sccc12. The number of rotatable bonds is 0. The van der Waals surface area contributed by atoms with E-state index < -0.39 is 0 Å². The maximum atomic E-state index is 3.84. The molecule has 88 valence electrons. The highest BCUT2D eigenvalue weighted by Gasteiger charge is 2.37. The van der Waals surface area contributed by atoms with Gasteiger partial charge in [-0.3, -0.25) is 0 Å². The number of thiophene rings is 1. The van der Waals surface area contributed by atoms with Crippen molar-refractivity contribution in [3.8, 4) is 0 Å². The van der Waals surface area contributed by atoms with Gasteiger partial charge in [-0.25, -0.2) is 0 Å². The molecule has 0 aromatic carbocycles.